The van der Waals surface area contributed by atoms with Gasteiger partial charge >= 0.3 is 115 Å². The summed E-state index contributed by atoms with van der Waals surface area (Å²) in [4.78, 5) is 34.7. The second-order valence-corrected chi connectivity index (χ2v) is 7.72. The molecule has 0 unspecified atom stereocenters. The number of para-hydroxylation sites is 4. The maximum atomic E-state index is 10.2. The fourth-order valence-electron chi connectivity index (χ4n) is 2.68. The van der Waals surface area contributed by atoms with Crippen LogP contribution >= 0.6 is 24.4 Å². The second-order valence-electron chi connectivity index (χ2n) is 6.81. The van der Waals surface area contributed by atoms with Crippen LogP contribution in [0, 0.1) is 0 Å². The number of fused-ring (bicyclic) bond motifs is 2. The standard InChI is InChI=1S/2C11H10N2O3S.2K/c2*14-9(15)5-6-10(17)16-11-12-7-3-1-2-4-8(7)13-11;;/h2*1-4H,5-6H2,(H,12,13)(H,14,15);;/q;;2*+1/p-2. The summed E-state index contributed by atoms with van der Waals surface area (Å²) in [7, 11) is 0. The number of aromatic amines is 2. The third-order valence-corrected chi connectivity index (χ3v) is 4.80. The molecular formula is C22H18K2N4O6S2. The number of carbonyl (C=O) groups excluding carboxylic acids is 2. The first-order valence-corrected chi connectivity index (χ1v) is 10.8. The molecule has 10 nitrogen and oxygen atoms in total. The number of aliphatic carboxylic acids is 2. The fourth-order valence-corrected chi connectivity index (χ4v) is 3.04. The van der Waals surface area contributed by atoms with Gasteiger partial charge in [0.2, 0.25) is 0 Å². The van der Waals surface area contributed by atoms with Crippen LogP contribution in [0.25, 0.3) is 22.1 Å². The molecule has 0 aliphatic carbocycles. The largest absolute Gasteiger partial charge is 1.00 e. The van der Waals surface area contributed by atoms with Crippen molar-refractivity contribution < 1.29 is 132 Å². The summed E-state index contributed by atoms with van der Waals surface area (Å²) in [5.41, 5.74) is 3.21. The third kappa shape index (κ3) is 11.4. The SMILES string of the molecule is O=C([O-])CCC(=S)Oc1nc2ccccc2[nH]1.O=C([O-])CCC(=S)Oc1nc2ccccc2[nH]1.[K+].[K+]. The third-order valence-electron chi connectivity index (χ3n) is 4.22. The Morgan fingerprint density at radius 2 is 1.06 bits per heavy atom. The van der Waals surface area contributed by atoms with Crippen molar-refractivity contribution in [3.63, 3.8) is 0 Å². The molecule has 14 heteroatoms. The van der Waals surface area contributed by atoms with Crippen molar-refractivity contribution in [1.82, 2.24) is 19.9 Å². The number of thiocarbonyl (C=S) groups is 2. The molecule has 2 N–H and O–H groups in total. The van der Waals surface area contributed by atoms with Gasteiger partial charge in [-0.15, -0.1) is 0 Å². The molecule has 176 valence electrons. The Morgan fingerprint density at radius 1 is 0.694 bits per heavy atom. The Balaban J connectivity index is 0.000000341. The first-order valence-electron chi connectivity index (χ1n) is 10.0. The number of nitrogens with zero attached hydrogens (tertiary/aromatic N) is 2. The molecule has 36 heavy (non-hydrogen) atoms. The minimum absolute atomic E-state index is 0. The van der Waals surface area contributed by atoms with Gasteiger partial charge in [-0.1, -0.05) is 24.3 Å². The van der Waals surface area contributed by atoms with Crippen molar-refractivity contribution in [2.45, 2.75) is 25.7 Å². The number of aromatic nitrogens is 4. The maximum Gasteiger partial charge on any atom is 1.00 e. The van der Waals surface area contributed by atoms with Crippen LogP contribution < -0.4 is 122 Å². The van der Waals surface area contributed by atoms with Crippen LogP contribution in [-0.4, -0.2) is 42.0 Å². The van der Waals surface area contributed by atoms with Gasteiger partial charge in [0.15, 0.2) is 10.1 Å². The Morgan fingerprint density at radius 3 is 1.39 bits per heavy atom. The number of hydrogen-bond donors (Lipinski definition) is 2. The summed E-state index contributed by atoms with van der Waals surface area (Å²) < 4.78 is 10.4. The quantitative estimate of drug-likeness (QED) is 0.155. The smallest absolute Gasteiger partial charge is 0.550 e. The molecule has 0 amide bonds. The number of carboxylic acid groups (broad SMARTS) is 2. The van der Waals surface area contributed by atoms with E-state index in [0.29, 0.717) is 0 Å². The summed E-state index contributed by atoms with van der Waals surface area (Å²) in [5, 5.41) is 20.8. The zero-order valence-corrected chi connectivity index (χ0v) is 27.5. The zero-order chi connectivity index (χ0) is 24.5. The number of nitrogens with one attached hydrogen (secondary N) is 2. The number of hydrogen-bond acceptors (Lipinski definition) is 10. The van der Waals surface area contributed by atoms with E-state index in [9.17, 15) is 19.8 Å². The predicted octanol–water partition coefficient (Wildman–Crippen LogP) is -4.39. The molecule has 0 fully saturated rings. The number of ether oxygens (including phenoxy) is 2. The van der Waals surface area contributed by atoms with Gasteiger partial charge in [-0.2, -0.15) is 9.97 Å². The summed E-state index contributed by atoms with van der Waals surface area (Å²) in [6.07, 6.45) is -0.0401. The molecular weight excluding hydrogens is 559 g/mol. The van der Waals surface area contributed by atoms with Gasteiger partial charge in [0.1, 0.15) is 0 Å². The Labute approximate surface area is 301 Å². The van der Waals surface area contributed by atoms with Gasteiger partial charge in [0.05, 0.1) is 22.1 Å². The van der Waals surface area contributed by atoms with E-state index in [1.165, 1.54) is 0 Å². The minimum Gasteiger partial charge on any atom is -0.550 e. The van der Waals surface area contributed by atoms with Gasteiger partial charge in [0.25, 0.3) is 0 Å². The van der Waals surface area contributed by atoms with Crippen molar-refractivity contribution in [2.75, 3.05) is 0 Å². The number of carbonyl (C=O) groups is 2. The molecule has 0 aliphatic heterocycles. The van der Waals surface area contributed by atoms with Gasteiger partial charge in [-0.05, 0) is 61.5 Å². The molecule has 2 aromatic heterocycles. The van der Waals surface area contributed by atoms with E-state index in [2.05, 4.69) is 19.9 Å². The monoisotopic (exact) mass is 576 g/mol. The van der Waals surface area contributed by atoms with Crippen LogP contribution in [0.5, 0.6) is 12.0 Å². The topological polar surface area (TPSA) is 156 Å². The van der Waals surface area contributed by atoms with Crippen LogP contribution in [-0.2, 0) is 9.59 Å². The maximum absolute atomic E-state index is 10.2. The van der Waals surface area contributed by atoms with Gasteiger partial charge in [0, 0.05) is 24.8 Å². The molecule has 0 atom stereocenters. The van der Waals surface area contributed by atoms with Crippen molar-refractivity contribution >= 4 is 68.5 Å². The van der Waals surface area contributed by atoms with Crippen molar-refractivity contribution in [2.24, 2.45) is 0 Å². The Kier molecular flexibility index (Phi) is 15.8. The number of H-pyrrole nitrogens is 2. The molecule has 4 aromatic rings. The summed E-state index contributed by atoms with van der Waals surface area (Å²) in [6, 6.07) is 15.4. The van der Waals surface area contributed by atoms with Crippen LogP contribution in [0.4, 0.5) is 0 Å². The molecule has 0 bridgehead atoms. The Bertz CT molecular complexity index is 1180. The van der Waals surface area contributed by atoms with Crippen molar-refractivity contribution in [3.05, 3.63) is 48.5 Å². The van der Waals surface area contributed by atoms with Crippen LogP contribution in [0.15, 0.2) is 48.5 Å². The predicted molar refractivity (Wildman–Crippen MR) is 127 cm³/mol. The van der Waals surface area contributed by atoms with E-state index < -0.39 is 11.9 Å². The van der Waals surface area contributed by atoms with E-state index in [-0.39, 0.29) is 151 Å². The van der Waals surface area contributed by atoms with Gasteiger partial charge in [-0.3, -0.25) is 0 Å². The zero-order valence-electron chi connectivity index (χ0n) is 19.6. The number of imidazole rings is 2. The van der Waals surface area contributed by atoms with Crippen LogP contribution in [0.2, 0.25) is 0 Å². The van der Waals surface area contributed by atoms with E-state index in [1.807, 2.05) is 48.5 Å². The Hall–Kier alpha value is -0.627. The van der Waals surface area contributed by atoms with E-state index in [4.69, 9.17) is 33.9 Å². The molecule has 2 aromatic carbocycles. The molecule has 0 radical (unpaired) electrons. The van der Waals surface area contributed by atoms with Crippen molar-refractivity contribution in [3.8, 4) is 12.0 Å². The van der Waals surface area contributed by atoms with Gasteiger partial charge < -0.3 is 39.2 Å². The molecule has 0 spiro atoms. The fraction of sp³-hybridized carbons (Fsp3) is 0.182. The van der Waals surface area contributed by atoms with Crippen molar-refractivity contribution in [1.29, 1.82) is 0 Å². The molecule has 2 heterocycles. The minimum atomic E-state index is -1.15. The summed E-state index contributed by atoms with van der Waals surface area (Å²) >= 11 is 9.77. The van der Waals surface area contributed by atoms with Gasteiger partial charge in [-0.25, -0.2) is 0 Å². The van der Waals surface area contributed by atoms with Crippen LogP contribution in [0.3, 0.4) is 0 Å². The molecule has 0 saturated heterocycles. The molecule has 0 aliphatic rings. The van der Waals surface area contributed by atoms with Crippen LogP contribution in [0.1, 0.15) is 25.7 Å². The average Bonchev–Trinajstić information content (AvgIpc) is 3.39. The first kappa shape index (κ1) is 33.4. The summed E-state index contributed by atoms with van der Waals surface area (Å²) in [6.45, 7) is 0. The first-order chi connectivity index (χ1) is 16.3. The molecule has 0 saturated carbocycles. The normalized spacial score (nSPS) is 9.78. The second kappa shape index (κ2) is 17.1. The average molecular weight is 577 g/mol. The van der Waals surface area contributed by atoms with E-state index in [0.717, 1.165) is 22.1 Å². The number of carboxylic acids is 2. The number of rotatable bonds is 8. The van der Waals surface area contributed by atoms with E-state index >= 15 is 0 Å². The summed E-state index contributed by atoms with van der Waals surface area (Å²) in [5.74, 6) is -2.30. The van der Waals surface area contributed by atoms with E-state index in [1.54, 1.807) is 0 Å². The number of benzene rings is 2. The molecule has 4 rings (SSSR count).